The molecule has 0 unspecified atom stereocenters. The van der Waals surface area contributed by atoms with Gasteiger partial charge in [-0.1, -0.05) is 18.2 Å². The van der Waals surface area contributed by atoms with Crippen LogP contribution < -0.4 is 0 Å². The molecule has 122 valence electrons. The fourth-order valence-corrected chi connectivity index (χ4v) is 4.34. The molecule has 0 aliphatic rings. The van der Waals surface area contributed by atoms with Crippen molar-refractivity contribution in [2.75, 3.05) is 6.26 Å². The van der Waals surface area contributed by atoms with Crippen LogP contribution in [0.4, 0.5) is 0 Å². The van der Waals surface area contributed by atoms with Crippen LogP contribution in [-0.4, -0.2) is 29.9 Å². The zero-order valence-corrected chi connectivity index (χ0v) is 14.4. The van der Waals surface area contributed by atoms with Gasteiger partial charge >= 0.3 is 0 Å². The molecule has 0 atom stereocenters. The third kappa shape index (κ3) is 2.88. The van der Waals surface area contributed by atoms with Gasteiger partial charge in [0.25, 0.3) is 10.0 Å². The molecule has 0 amide bonds. The summed E-state index contributed by atoms with van der Waals surface area (Å²) >= 11 is 1.51. The van der Waals surface area contributed by atoms with Crippen molar-refractivity contribution in [3.8, 4) is 11.3 Å². The molecule has 5 nitrogen and oxygen atoms in total. The molecule has 0 saturated carbocycles. The third-order valence-electron chi connectivity index (χ3n) is 3.52. The molecule has 0 fully saturated rings. The van der Waals surface area contributed by atoms with Crippen LogP contribution >= 0.6 is 11.8 Å². The normalized spacial score (nSPS) is 11.4. The van der Waals surface area contributed by atoms with Crippen LogP contribution in [0.2, 0.25) is 0 Å². The van der Waals surface area contributed by atoms with E-state index >= 15 is 0 Å². The molecule has 0 spiro atoms. The molecule has 0 aliphatic carbocycles. The lowest BCUT2D eigenvalue weighted by atomic mass is 10.1. The van der Waals surface area contributed by atoms with Crippen molar-refractivity contribution in [1.29, 1.82) is 0 Å². The summed E-state index contributed by atoms with van der Waals surface area (Å²) in [6.45, 7) is 0. The van der Waals surface area contributed by atoms with Crippen molar-refractivity contribution in [3.05, 3.63) is 66.6 Å². The molecule has 2 heterocycles. The van der Waals surface area contributed by atoms with Crippen molar-refractivity contribution in [2.45, 2.75) is 9.79 Å². The number of pyridine rings is 1. The highest BCUT2D eigenvalue weighted by atomic mass is 32.2. The standard InChI is InChI=1S/C17H14N2O3S2/c1-23-17-7-3-2-6-15(17)16-9-13(12-20)11-19(16)24(21,22)14-5-4-8-18-10-14/h2-12H,1H3. The fraction of sp³-hybridized carbons (Fsp3) is 0.0588. The Labute approximate surface area is 144 Å². The molecule has 0 bridgehead atoms. The van der Waals surface area contributed by atoms with Gasteiger partial charge in [-0.15, -0.1) is 11.8 Å². The number of hydrogen-bond donors (Lipinski definition) is 0. The molecular weight excluding hydrogens is 344 g/mol. The first kappa shape index (κ1) is 16.5. The summed E-state index contributed by atoms with van der Waals surface area (Å²) in [5.74, 6) is 0. The minimum absolute atomic E-state index is 0.0703. The van der Waals surface area contributed by atoms with Gasteiger partial charge in [0.1, 0.15) is 4.90 Å². The zero-order valence-electron chi connectivity index (χ0n) is 12.8. The number of hydrogen-bond acceptors (Lipinski definition) is 5. The molecule has 1 aromatic carbocycles. The van der Waals surface area contributed by atoms with E-state index in [1.54, 1.807) is 12.1 Å². The minimum Gasteiger partial charge on any atom is -0.298 e. The maximum absolute atomic E-state index is 13.0. The van der Waals surface area contributed by atoms with Crippen molar-refractivity contribution >= 4 is 28.1 Å². The lowest BCUT2D eigenvalue weighted by Gasteiger charge is -2.12. The van der Waals surface area contributed by atoms with Gasteiger partial charge in [0.05, 0.1) is 5.69 Å². The van der Waals surface area contributed by atoms with E-state index in [4.69, 9.17) is 0 Å². The smallest absolute Gasteiger partial charge is 0.269 e. The van der Waals surface area contributed by atoms with E-state index in [0.717, 1.165) is 14.4 Å². The van der Waals surface area contributed by atoms with Crippen LogP contribution in [0, 0.1) is 0 Å². The maximum Gasteiger partial charge on any atom is 0.269 e. The van der Waals surface area contributed by atoms with E-state index in [-0.39, 0.29) is 4.90 Å². The number of aromatic nitrogens is 2. The number of nitrogens with zero attached hydrogens (tertiary/aromatic N) is 2. The summed E-state index contributed by atoms with van der Waals surface area (Å²) in [4.78, 5) is 16.1. The molecule has 3 rings (SSSR count). The fourth-order valence-electron chi connectivity index (χ4n) is 2.39. The Morgan fingerprint density at radius 3 is 2.62 bits per heavy atom. The van der Waals surface area contributed by atoms with Gasteiger partial charge in [0.2, 0.25) is 0 Å². The SMILES string of the molecule is CSc1ccccc1-c1cc(C=O)cn1S(=O)(=O)c1cccnc1. The molecular formula is C17H14N2O3S2. The first-order valence-corrected chi connectivity index (χ1v) is 9.71. The van der Waals surface area contributed by atoms with Crippen molar-refractivity contribution in [1.82, 2.24) is 8.96 Å². The maximum atomic E-state index is 13.0. The molecule has 7 heteroatoms. The average molecular weight is 358 g/mol. The minimum atomic E-state index is -3.85. The predicted molar refractivity (Wildman–Crippen MR) is 93.9 cm³/mol. The summed E-state index contributed by atoms with van der Waals surface area (Å²) < 4.78 is 27.1. The van der Waals surface area contributed by atoms with E-state index in [2.05, 4.69) is 4.98 Å². The topological polar surface area (TPSA) is 69.0 Å². The second kappa shape index (κ2) is 6.62. The van der Waals surface area contributed by atoms with Gasteiger partial charge in [-0.2, -0.15) is 0 Å². The van der Waals surface area contributed by atoms with Gasteiger partial charge < -0.3 is 0 Å². The second-order valence-corrected chi connectivity index (χ2v) is 7.63. The quantitative estimate of drug-likeness (QED) is 0.517. The van der Waals surface area contributed by atoms with Gasteiger partial charge in [-0.3, -0.25) is 9.78 Å². The molecule has 2 aromatic heterocycles. The van der Waals surface area contributed by atoms with Crippen LogP contribution in [-0.2, 0) is 10.0 Å². The van der Waals surface area contributed by atoms with E-state index in [1.807, 2.05) is 30.5 Å². The lowest BCUT2D eigenvalue weighted by molar-refractivity contribution is 0.112. The van der Waals surface area contributed by atoms with E-state index in [9.17, 15) is 13.2 Å². The van der Waals surface area contributed by atoms with Crippen LogP contribution in [0.25, 0.3) is 11.3 Å². The Morgan fingerprint density at radius 1 is 1.17 bits per heavy atom. The van der Waals surface area contributed by atoms with Crippen LogP contribution in [0.15, 0.2) is 70.8 Å². The van der Waals surface area contributed by atoms with E-state index in [1.165, 1.54) is 36.4 Å². The summed E-state index contributed by atoms with van der Waals surface area (Å²) in [7, 11) is -3.85. The summed E-state index contributed by atoms with van der Waals surface area (Å²) in [6, 6.07) is 12.1. The van der Waals surface area contributed by atoms with E-state index in [0.29, 0.717) is 17.5 Å². The highest BCUT2D eigenvalue weighted by molar-refractivity contribution is 7.98. The molecule has 0 aliphatic heterocycles. The highest BCUT2D eigenvalue weighted by Crippen LogP contribution is 2.33. The Hall–Kier alpha value is -2.38. The highest BCUT2D eigenvalue weighted by Gasteiger charge is 2.23. The average Bonchev–Trinajstić information content (AvgIpc) is 3.07. The number of carbonyl (C=O) groups excluding carboxylic acids is 1. The summed E-state index contributed by atoms with van der Waals surface area (Å²) in [6.07, 6.45) is 6.69. The number of aldehydes is 1. The van der Waals surface area contributed by atoms with Gasteiger partial charge in [0.15, 0.2) is 6.29 Å². The number of rotatable bonds is 5. The van der Waals surface area contributed by atoms with Crippen molar-refractivity contribution < 1.29 is 13.2 Å². The van der Waals surface area contributed by atoms with E-state index < -0.39 is 10.0 Å². The third-order valence-corrected chi connectivity index (χ3v) is 5.97. The van der Waals surface area contributed by atoms with Crippen LogP contribution in [0.1, 0.15) is 10.4 Å². The number of benzene rings is 1. The number of thioether (sulfide) groups is 1. The van der Waals surface area contributed by atoms with Crippen molar-refractivity contribution in [3.63, 3.8) is 0 Å². The first-order chi connectivity index (χ1) is 11.6. The van der Waals surface area contributed by atoms with Crippen LogP contribution in [0.5, 0.6) is 0 Å². The van der Waals surface area contributed by atoms with Gasteiger partial charge in [0, 0.05) is 34.6 Å². The van der Waals surface area contributed by atoms with Gasteiger partial charge in [-0.05, 0) is 30.5 Å². The summed E-state index contributed by atoms with van der Waals surface area (Å²) in [5, 5.41) is 0. The Bertz CT molecular complexity index is 980. The molecule has 0 saturated heterocycles. The monoisotopic (exact) mass is 358 g/mol. The second-order valence-electron chi connectivity index (χ2n) is 4.97. The van der Waals surface area contributed by atoms with Gasteiger partial charge in [-0.25, -0.2) is 12.4 Å². The molecule has 0 N–H and O–H groups in total. The Kier molecular flexibility index (Phi) is 4.55. The van der Waals surface area contributed by atoms with Crippen molar-refractivity contribution in [2.24, 2.45) is 0 Å². The molecule has 24 heavy (non-hydrogen) atoms. The predicted octanol–water partition coefficient (Wildman–Crippen LogP) is 3.32. The zero-order chi connectivity index (χ0) is 17.2. The Balaban J connectivity index is 2.27. The molecule has 0 radical (unpaired) electrons. The van der Waals surface area contributed by atoms with Crippen LogP contribution in [0.3, 0.4) is 0 Å². The molecule has 3 aromatic rings. The Morgan fingerprint density at radius 2 is 1.96 bits per heavy atom. The first-order valence-electron chi connectivity index (χ1n) is 7.04. The largest absolute Gasteiger partial charge is 0.298 e. The number of carbonyl (C=O) groups is 1. The summed E-state index contributed by atoms with van der Waals surface area (Å²) in [5.41, 5.74) is 1.50. The lowest BCUT2D eigenvalue weighted by Crippen LogP contribution is -2.13.